The van der Waals surface area contributed by atoms with Crippen molar-refractivity contribution in [3.63, 3.8) is 0 Å². The number of hydrogen-bond acceptors (Lipinski definition) is 8. The van der Waals surface area contributed by atoms with E-state index in [1.165, 1.54) is 51.4 Å². The minimum absolute atomic E-state index is 0.0393. The largest absolute Gasteiger partial charge is 0.472 e. The number of carbonyl (C=O) groups excluding carboxylic acids is 2. The number of allylic oxidation sites excluding steroid dienone is 12. The van der Waals surface area contributed by atoms with Gasteiger partial charge in [0.05, 0.1) is 13.2 Å². The smallest absolute Gasteiger partial charge is 0.462 e. The second-order valence-corrected chi connectivity index (χ2v) is 13.9. The molecule has 3 N–H and O–H groups in total. The number of ether oxygens (including phenoxy) is 2. The number of carbonyl (C=O) groups is 2. The number of rotatable bonds is 35. The zero-order valence-electron chi connectivity index (χ0n) is 31.8. The van der Waals surface area contributed by atoms with Crippen LogP contribution in [0.15, 0.2) is 72.9 Å². The van der Waals surface area contributed by atoms with Crippen molar-refractivity contribution < 1.29 is 37.6 Å². The number of unbranched alkanes of at least 4 members (excludes halogenated alkanes) is 10. The number of phosphoric acid groups is 1. The average Bonchev–Trinajstić information content (AvgIpc) is 3.11. The first-order valence-corrected chi connectivity index (χ1v) is 20.9. The molecule has 0 aliphatic carbocycles. The maximum absolute atomic E-state index is 12.5. The molecule has 0 bridgehead atoms. The molecule has 0 aromatic heterocycles. The molecule has 0 heterocycles. The molecule has 0 aliphatic heterocycles. The Kier molecular flexibility index (Phi) is 35.4. The van der Waals surface area contributed by atoms with E-state index in [2.05, 4.69) is 74.6 Å². The van der Waals surface area contributed by atoms with Crippen LogP contribution >= 0.6 is 7.82 Å². The molecule has 292 valence electrons. The number of hydrogen-bond donors (Lipinski definition) is 2. The van der Waals surface area contributed by atoms with Gasteiger partial charge in [-0.15, -0.1) is 0 Å². The lowest BCUT2D eigenvalue weighted by Crippen LogP contribution is -2.29. The van der Waals surface area contributed by atoms with Crippen LogP contribution in [0.5, 0.6) is 0 Å². The Morgan fingerprint density at radius 3 is 1.57 bits per heavy atom. The van der Waals surface area contributed by atoms with Gasteiger partial charge in [-0.3, -0.25) is 18.6 Å². The predicted octanol–water partition coefficient (Wildman–Crippen LogP) is 10.7. The van der Waals surface area contributed by atoms with Crippen LogP contribution in [0.3, 0.4) is 0 Å². The van der Waals surface area contributed by atoms with Crippen molar-refractivity contribution >= 4 is 19.8 Å². The minimum Gasteiger partial charge on any atom is -0.462 e. The summed E-state index contributed by atoms with van der Waals surface area (Å²) in [4.78, 5) is 34.7. The van der Waals surface area contributed by atoms with Gasteiger partial charge in [0.1, 0.15) is 6.61 Å². The van der Waals surface area contributed by atoms with Crippen LogP contribution in [0.25, 0.3) is 0 Å². The van der Waals surface area contributed by atoms with E-state index in [9.17, 15) is 19.0 Å². The van der Waals surface area contributed by atoms with E-state index in [0.717, 1.165) is 57.8 Å². The second kappa shape index (κ2) is 37.2. The Hall–Kier alpha value is -2.55. The SMILES string of the molecule is CCC=CCC=CCC=CCC=CCC=CCC=CCCC(=O)O[C@H](COC(=O)CCCCCCCCCCCCC)COP(=O)(O)OCCN. The molecular formula is C41H70NO8P. The Balaban J connectivity index is 4.36. The van der Waals surface area contributed by atoms with Crippen LogP contribution in [-0.2, 0) is 32.7 Å². The predicted molar refractivity (Wildman–Crippen MR) is 210 cm³/mol. The monoisotopic (exact) mass is 735 g/mol. The normalized spacial score (nSPS) is 14.2. The molecule has 0 aromatic carbocycles. The van der Waals surface area contributed by atoms with E-state index < -0.39 is 32.5 Å². The molecule has 10 heteroatoms. The summed E-state index contributed by atoms with van der Waals surface area (Å²) in [6.45, 7) is 3.49. The molecule has 0 saturated heterocycles. The maximum atomic E-state index is 12.5. The van der Waals surface area contributed by atoms with Gasteiger partial charge in [-0.2, -0.15) is 0 Å². The van der Waals surface area contributed by atoms with Gasteiger partial charge in [0.15, 0.2) is 6.10 Å². The van der Waals surface area contributed by atoms with E-state index in [0.29, 0.717) is 6.42 Å². The third kappa shape index (κ3) is 37.0. The molecule has 9 nitrogen and oxygen atoms in total. The van der Waals surface area contributed by atoms with Crippen LogP contribution < -0.4 is 5.73 Å². The van der Waals surface area contributed by atoms with Gasteiger partial charge in [-0.1, -0.05) is 151 Å². The Morgan fingerprint density at radius 2 is 1.08 bits per heavy atom. The molecular weight excluding hydrogens is 665 g/mol. The van der Waals surface area contributed by atoms with E-state index >= 15 is 0 Å². The Morgan fingerprint density at radius 1 is 0.608 bits per heavy atom. The zero-order chi connectivity index (χ0) is 37.5. The van der Waals surface area contributed by atoms with Crippen LogP contribution in [-0.4, -0.2) is 49.3 Å². The lowest BCUT2D eigenvalue weighted by atomic mass is 10.1. The van der Waals surface area contributed by atoms with Crippen LogP contribution in [0.1, 0.15) is 142 Å². The highest BCUT2D eigenvalue weighted by Gasteiger charge is 2.25. The van der Waals surface area contributed by atoms with Crippen molar-refractivity contribution in [1.82, 2.24) is 0 Å². The summed E-state index contributed by atoms with van der Waals surface area (Å²) in [7, 11) is -4.39. The van der Waals surface area contributed by atoms with Gasteiger partial charge < -0.3 is 20.1 Å². The number of nitrogens with two attached hydrogens (primary N) is 1. The average molecular weight is 736 g/mol. The first-order chi connectivity index (χ1) is 24.8. The molecule has 0 amide bonds. The summed E-state index contributed by atoms with van der Waals surface area (Å²) in [6, 6.07) is 0. The Bertz CT molecular complexity index is 1070. The van der Waals surface area contributed by atoms with E-state index in [-0.39, 0.29) is 32.6 Å². The molecule has 0 aliphatic rings. The minimum atomic E-state index is -4.39. The highest BCUT2D eigenvalue weighted by molar-refractivity contribution is 7.47. The fourth-order valence-corrected chi connectivity index (χ4v) is 5.54. The molecule has 0 aromatic rings. The Labute approximate surface area is 310 Å². The van der Waals surface area contributed by atoms with Gasteiger partial charge >= 0.3 is 19.8 Å². The molecule has 1 unspecified atom stereocenters. The zero-order valence-corrected chi connectivity index (χ0v) is 32.7. The summed E-state index contributed by atoms with van der Waals surface area (Å²) >= 11 is 0. The molecule has 2 atom stereocenters. The second-order valence-electron chi connectivity index (χ2n) is 12.4. The van der Waals surface area contributed by atoms with Gasteiger partial charge in [0.2, 0.25) is 0 Å². The standard InChI is InChI=1S/C41H70NO8P/c1-3-5-7-9-11-13-15-16-17-18-19-20-21-22-24-26-28-30-32-34-41(44)50-39(38-49-51(45,46)48-36-35-42)37-47-40(43)33-31-29-27-25-23-14-12-10-8-6-4-2/h5,7,11,13,16-17,19-20,22,24,28,30,39H,3-4,6,8-10,12,14-15,18,21,23,25-27,29,31-38,42H2,1-2H3,(H,45,46)/t39-/m1/s1. The topological polar surface area (TPSA) is 134 Å². The number of phosphoric ester groups is 1. The van der Waals surface area contributed by atoms with Crippen LogP contribution in [0.2, 0.25) is 0 Å². The van der Waals surface area contributed by atoms with Crippen molar-refractivity contribution in [1.29, 1.82) is 0 Å². The van der Waals surface area contributed by atoms with Gasteiger partial charge in [-0.25, -0.2) is 4.57 Å². The summed E-state index contributed by atoms with van der Waals surface area (Å²) in [5.41, 5.74) is 5.32. The van der Waals surface area contributed by atoms with E-state index in [4.69, 9.17) is 24.3 Å². The highest BCUT2D eigenvalue weighted by Crippen LogP contribution is 2.43. The summed E-state index contributed by atoms with van der Waals surface area (Å²) in [5, 5.41) is 0. The maximum Gasteiger partial charge on any atom is 0.472 e. The first-order valence-electron chi connectivity index (χ1n) is 19.4. The van der Waals surface area contributed by atoms with Gasteiger partial charge in [-0.05, 0) is 51.4 Å². The fraction of sp³-hybridized carbons (Fsp3) is 0.659. The van der Waals surface area contributed by atoms with Crippen LogP contribution in [0.4, 0.5) is 0 Å². The molecule has 0 saturated carbocycles. The summed E-state index contributed by atoms with van der Waals surface area (Å²) < 4.78 is 32.5. The van der Waals surface area contributed by atoms with Crippen molar-refractivity contribution in [3.05, 3.63) is 72.9 Å². The third-order valence-corrected chi connectivity index (χ3v) is 8.60. The lowest BCUT2D eigenvalue weighted by Gasteiger charge is -2.19. The molecule has 0 fully saturated rings. The summed E-state index contributed by atoms with van der Waals surface area (Å²) in [6.07, 6.45) is 43.8. The molecule has 0 spiro atoms. The third-order valence-electron chi connectivity index (χ3n) is 7.62. The lowest BCUT2D eigenvalue weighted by molar-refractivity contribution is -0.161. The van der Waals surface area contributed by atoms with Crippen LogP contribution in [0, 0.1) is 0 Å². The van der Waals surface area contributed by atoms with E-state index in [1.54, 1.807) is 0 Å². The quantitative estimate of drug-likeness (QED) is 0.0282. The summed E-state index contributed by atoms with van der Waals surface area (Å²) in [5.74, 6) is -0.934. The molecule has 51 heavy (non-hydrogen) atoms. The van der Waals surface area contributed by atoms with Crippen molar-refractivity contribution in [2.24, 2.45) is 5.73 Å². The molecule has 0 radical (unpaired) electrons. The molecule has 0 rings (SSSR count). The van der Waals surface area contributed by atoms with E-state index in [1.807, 2.05) is 12.2 Å². The van der Waals surface area contributed by atoms with Crippen molar-refractivity contribution in [3.8, 4) is 0 Å². The number of esters is 2. The van der Waals surface area contributed by atoms with Gasteiger partial charge in [0, 0.05) is 19.4 Å². The first kappa shape index (κ1) is 48.5. The van der Waals surface area contributed by atoms with Gasteiger partial charge in [0.25, 0.3) is 0 Å². The van der Waals surface area contributed by atoms with Crippen molar-refractivity contribution in [2.45, 2.75) is 148 Å². The fourth-order valence-electron chi connectivity index (χ4n) is 4.78. The highest BCUT2D eigenvalue weighted by atomic mass is 31.2. The van der Waals surface area contributed by atoms with Crippen molar-refractivity contribution in [2.75, 3.05) is 26.4 Å².